The Bertz CT molecular complexity index is 908. The molecule has 2 aromatic carbocycles. The summed E-state index contributed by atoms with van der Waals surface area (Å²) in [5, 5.41) is 2.81. The van der Waals surface area contributed by atoms with Crippen LogP contribution in [0.15, 0.2) is 42.5 Å². The molecule has 122 valence electrons. The number of nitrogens with one attached hydrogen (secondary N) is 1. The molecule has 4 nitrogen and oxygen atoms in total. The summed E-state index contributed by atoms with van der Waals surface area (Å²) in [4.78, 5) is 21.2. The molecule has 3 rings (SSSR count). The van der Waals surface area contributed by atoms with E-state index in [9.17, 15) is 9.18 Å². The molecular formula is C19H18FN3O. The first kappa shape index (κ1) is 16.1. The smallest absolute Gasteiger partial charge is 0.251 e. The van der Waals surface area contributed by atoms with Gasteiger partial charge < -0.3 is 5.32 Å². The van der Waals surface area contributed by atoms with E-state index in [4.69, 9.17) is 0 Å². The van der Waals surface area contributed by atoms with Gasteiger partial charge in [0, 0.05) is 12.1 Å². The van der Waals surface area contributed by atoms with Crippen LogP contribution in [0, 0.1) is 19.7 Å². The first-order chi connectivity index (χ1) is 11.5. The maximum Gasteiger partial charge on any atom is 0.251 e. The highest BCUT2D eigenvalue weighted by atomic mass is 19.1. The number of aromatic nitrogens is 2. The average molecular weight is 323 g/mol. The van der Waals surface area contributed by atoms with Gasteiger partial charge in [-0.05, 0) is 50.1 Å². The van der Waals surface area contributed by atoms with Crippen LogP contribution in [-0.4, -0.2) is 22.4 Å². The molecule has 0 bridgehead atoms. The molecule has 0 aliphatic heterocycles. The predicted molar refractivity (Wildman–Crippen MR) is 91.4 cm³/mol. The molecule has 0 unspecified atom stereocenters. The molecule has 0 fully saturated rings. The Morgan fingerprint density at radius 2 is 1.75 bits per heavy atom. The van der Waals surface area contributed by atoms with Gasteiger partial charge in [-0.3, -0.25) is 4.79 Å². The van der Waals surface area contributed by atoms with E-state index in [0.29, 0.717) is 29.6 Å². The summed E-state index contributed by atoms with van der Waals surface area (Å²) >= 11 is 0. The normalized spacial score (nSPS) is 10.8. The summed E-state index contributed by atoms with van der Waals surface area (Å²) in [5.41, 5.74) is 4.30. The van der Waals surface area contributed by atoms with Crippen LogP contribution in [0.2, 0.25) is 0 Å². The van der Waals surface area contributed by atoms with Crippen LogP contribution < -0.4 is 5.32 Å². The van der Waals surface area contributed by atoms with E-state index in [0.717, 1.165) is 16.9 Å². The number of nitrogens with zero attached hydrogens (tertiary/aromatic N) is 2. The standard InChI is InChI=1S/C19H18FN3O/c1-12-13(2)23-18-11-15(7-8-17(18)22-12)19(24)21-10-9-14-5-3-4-6-16(14)20/h3-8,11H,9-10H2,1-2H3,(H,21,24). The van der Waals surface area contributed by atoms with Crippen molar-refractivity contribution in [3.05, 3.63) is 70.8 Å². The van der Waals surface area contributed by atoms with Crippen LogP contribution >= 0.6 is 0 Å². The van der Waals surface area contributed by atoms with E-state index in [1.54, 1.807) is 36.4 Å². The van der Waals surface area contributed by atoms with E-state index in [2.05, 4.69) is 15.3 Å². The fourth-order valence-corrected chi connectivity index (χ4v) is 2.49. The lowest BCUT2D eigenvalue weighted by Crippen LogP contribution is -2.25. The van der Waals surface area contributed by atoms with Crippen molar-refractivity contribution in [2.45, 2.75) is 20.3 Å². The minimum Gasteiger partial charge on any atom is -0.352 e. The molecule has 0 saturated carbocycles. The second-order valence-corrected chi connectivity index (χ2v) is 5.70. The van der Waals surface area contributed by atoms with Gasteiger partial charge in [0.25, 0.3) is 5.91 Å². The van der Waals surface area contributed by atoms with Gasteiger partial charge in [-0.2, -0.15) is 0 Å². The van der Waals surface area contributed by atoms with Crippen molar-refractivity contribution in [3.63, 3.8) is 0 Å². The van der Waals surface area contributed by atoms with Crippen LogP contribution in [0.5, 0.6) is 0 Å². The third-order valence-electron chi connectivity index (χ3n) is 3.98. The Morgan fingerprint density at radius 3 is 2.50 bits per heavy atom. The summed E-state index contributed by atoms with van der Waals surface area (Å²) in [6, 6.07) is 11.8. The third kappa shape index (κ3) is 3.40. The Balaban J connectivity index is 1.70. The highest BCUT2D eigenvalue weighted by Crippen LogP contribution is 2.14. The zero-order chi connectivity index (χ0) is 17.1. The van der Waals surface area contributed by atoms with Crippen molar-refractivity contribution < 1.29 is 9.18 Å². The summed E-state index contributed by atoms with van der Waals surface area (Å²) in [7, 11) is 0. The molecular weight excluding hydrogens is 305 g/mol. The number of halogens is 1. The first-order valence-electron chi connectivity index (χ1n) is 7.81. The number of rotatable bonds is 4. The fourth-order valence-electron chi connectivity index (χ4n) is 2.49. The number of carbonyl (C=O) groups excluding carboxylic acids is 1. The predicted octanol–water partition coefficient (Wildman–Crippen LogP) is 3.36. The second-order valence-electron chi connectivity index (χ2n) is 5.70. The van der Waals surface area contributed by atoms with Crippen molar-refractivity contribution >= 4 is 16.9 Å². The zero-order valence-electron chi connectivity index (χ0n) is 13.6. The number of carbonyl (C=O) groups is 1. The van der Waals surface area contributed by atoms with Crippen LogP contribution in [0.1, 0.15) is 27.3 Å². The Kier molecular flexibility index (Phi) is 4.51. The third-order valence-corrected chi connectivity index (χ3v) is 3.98. The van der Waals surface area contributed by atoms with Gasteiger partial charge in [-0.15, -0.1) is 0 Å². The van der Waals surface area contributed by atoms with Gasteiger partial charge >= 0.3 is 0 Å². The lowest BCUT2D eigenvalue weighted by molar-refractivity contribution is 0.0954. The quantitative estimate of drug-likeness (QED) is 0.801. The minimum atomic E-state index is -0.251. The number of hydrogen-bond donors (Lipinski definition) is 1. The maximum atomic E-state index is 13.6. The molecule has 0 spiro atoms. The van der Waals surface area contributed by atoms with E-state index >= 15 is 0 Å². The summed E-state index contributed by atoms with van der Waals surface area (Å²) in [5.74, 6) is -0.452. The second kappa shape index (κ2) is 6.74. The SMILES string of the molecule is Cc1nc2ccc(C(=O)NCCc3ccccc3F)cc2nc1C. The van der Waals surface area contributed by atoms with Crippen LogP contribution in [-0.2, 0) is 6.42 Å². The molecule has 24 heavy (non-hydrogen) atoms. The number of aryl methyl sites for hydroxylation is 2. The molecule has 3 aromatic rings. The average Bonchev–Trinajstić information content (AvgIpc) is 2.57. The fraction of sp³-hybridized carbons (Fsp3) is 0.211. The van der Waals surface area contributed by atoms with Gasteiger partial charge in [0.05, 0.1) is 22.4 Å². The van der Waals surface area contributed by atoms with Crippen molar-refractivity contribution in [1.29, 1.82) is 0 Å². The largest absolute Gasteiger partial charge is 0.352 e. The minimum absolute atomic E-state index is 0.201. The van der Waals surface area contributed by atoms with Crippen LogP contribution in [0.25, 0.3) is 11.0 Å². The van der Waals surface area contributed by atoms with Crippen LogP contribution in [0.4, 0.5) is 4.39 Å². The topological polar surface area (TPSA) is 54.9 Å². The maximum absolute atomic E-state index is 13.6. The monoisotopic (exact) mass is 323 g/mol. The van der Waals surface area contributed by atoms with E-state index in [-0.39, 0.29) is 11.7 Å². The number of amides is 1. The van der Waals surface area contributed by atoms with Crippen molar-refractivity contribution in [2.24, 2.45) is 0 Å². The summed E-state index contributed by atoms with van der Waals surface area (Å²) in [6.45, 7) is 4.17. The molecule has 1 heterocycles. The van der Waals surface area contributed by atoms with Crippen molar-refractivity contribution in [1.82, 2.24) is 15.3 Å². The Hall–Kier alpha value is -2.82. The van der Waals surface area contributed by atoms with Crippen molar-refractivity contribution in [3.8, 4) is 0 Å². The Morgan fingerprint density at radius 1 is 1.04 bits per heavy atom. The summed E-state index contributed by atoms with van der Waals surface area (Å²) < 4.78 is 13.6. The molecule has 0 radical (unpaired) electrons. The van der Waals surface area contributed by atoms with Gasteiger partial charge in [0.1, 0.15) is 5.82 Å². The molecule has 0 atom stereocenters. The van der Waals surface area contributed by atoms with Gasteiger partial charge in [0.2, 0.25) is 0 Å². The molecule has 1 aromatic heterocycles. The van der Waals surface area contributed by atoms with E-state index in [1.165, 1.54) is 6.07 Å². The Labute approximate surface area is 139 Å². The van der Waals surface area contributed by atoms with Gasteiger partial charge in [0.15, 0.2) is 0 Å². The van der Waals surface area contributed by atoms with E-state index < -0.39 is 0 Å². The number of benzene rings is 2. The molecule has 1 amide bonds. The molecule has 5 heteroatoms. The number of fused-ring (bicyclic) bond motifs is 1. The van der Waals surface area contributed by atoms with Crippen LogP contribution in [0.3, 0.4) is 0 Å². The van der Waals surface area contributed by atoms with E-state index in [1.807, 2.05) is 13.8 Å². The number of hydrogen-bond acceptors (Lipinski definition) is 3. The zero-order valence-corrected chi connectivity index (χ0v) is 13.6. The highest BCUT2D eigenvalue weighted by Gasteiger charge is 2.09. The molecule has 0 aliphatic rings. The molecule has 0 saturated heterocycles. The lowest BCUT2D eigenvalue weighted by atomic mass is 10.1. The first-order valence-corrected chi connectivity index (χ1v) is 7.81. The van der Waals surface area contributed by atoms with Gasteiger partial charge in [-0.1, -0.05) is 18.2 Å². The highest BCUT2D eigenvalue weighted by molar-refractivity contribution is 5.97. The van der Waals surface area contributed by atoms with Gasteiger partial charge in [-0.25, -0.2) is 14.4 Å². The lowest BCUT2D eigenvalue weighted by Gasteiger charge is -2.08. The molecule has 1 N–H and O–H groups in total. The summed E-state index contributed by atoms with van der Waals surface area (Å²) in [6.07, 6.45) is 0.449. The molecule has 0 aliphatic carbocycles. The van der Waals surface area contributed by atoms with Crippen molar-refractivity contribution in [2.75, 3.05) is 6.54 Å².